The molecule has 0 aromatic rings. The minimum atomic E-state index is 0.174. The van der Waals surface area contributed by atoms with Gasteiger partial charge in [-0.3, -0.25) is 4.79 Å². The fourth-order valence-corrected chi connectivity index (χ4v) is 1.17. The van der Waals surface area contributed by atoms with Crippen molar-refractivity contribution in [2.45, 2.75) is 26.7 Å². The Balaban J connectivity index is 2.84. The molecule has 0 bridgehead atoms. The number of allylic oxidation sites excluding steroid dienone is 6. The largest absolute Gasteiger partial charge is 0.295 e. The zero-order valence-corrected chi connectivity index (χ0v) is 7.63. The molecule has 0 fully saturated rings. The van der Waals surface area contributed by atoms with E-state index in [9.17, 15) is 4.79 Å². The average Bonchev–Trinajstić information content (AvgIpc) is 2.28. The van der Waals surface area contributed by atoms with Gasteiger partial charge >= 0.3 is 0 Å². The van der Waals surface area contributed by atoms with Crippen LogP contribution >= 0.6 is 0 Å². The number of rotatable bonds is 2. The fraction of sp³-hybridized carbons (Fsp3) is 0.364. The van der Waals surface area contributed by atoms with E-state index in [0.29, 0.717) is 0 Å². The van der Waals surface area contributed by atoms with E-state index in [1.54, 1.807) is 6.92 Å². The van der Waals surface area contributed by atoms with Crippen LogP contribution in [0.25, 0.3) is 0 Å². The summed E-state index contributed by atoms with van der Waals surface area (Å²) < 4.78 is 0. The summed E-state index contributed by atoms with van der Waals surface area (Å²) in [7, 11) is 0. The van der Waals surface area contributed by atoms with Crippen molar-refractivity contribution in [1.29, 1.82) is 0 Å². The Hall–Kier alpha value is -1.11. The van der Waals surface area contributed by atoms with Gasteiger partial charge in [-0.05, 0) is 30.9 Å². The Labute approximate surface area is 73.5 Å². The molecule has 1 heteroatoms. The molecular formula is C11H14O. The maximum absolute atomic E-state index is 11.0. The first-order chi connectivity index (χ1) is 5.74. The lowest BCUT2D eigenvalue weighted by Crippen LogP contribution is -1.93. The molecule has 0 saturated carbocycles. The standard InChI is InChI=1S/C11H14O/c1-3-10-5-4-6-11(8-7-10)9(2)12/h4-5,7-8H,3,6H2,1-2H3. The third-order valence-electron chi connectivity index (χ3n) is 2.03. The van der Waals surface area contributed by atoms with Crippen molar-refractivity contribution < 1.29 is 4.79 Å². The summed E-state index contributed by atoms with van der Waals surface area (Å²) >= 11 is 0. The van der Waals surface area contributed by atoms with Crippen LogP contribution in [0, 0.1) is 0 Å². The number of ketones is 1. The van der Waals surface area contributed by atoms with Gasteiger partial charge in [-0.2, -0.15) is 0 Å². The number of carbonyl (C=O) groups is 1. The van der Waals surface area contributed by atoms with E-state index in [0.717, 1.165) is 18.4 Å². The molecule has 0 unspecified atom stereocenters. The fourth-order valence-electron chi connectivity index (χ4n) is 1.17. The van der Waals surface area contributed by atoms with Gasteiger partial charge < -0.3 is 0 Å². The molecular weight excluding hydrogens is 148 g/mol. The van der Waals surface area contributed by atoms with Crippen LogP contribution in [0.1, 0.15) is 26.7 Å². The molecule has 0 atom stereocenters. The van der Waals surface area contributed by atoms with E-state index in [1.807, 2.05) is 12.2 Å². The molecule has 0 saturated heterocycles. The SMILES string of the molecule is CCC1=CC=C(C(C)=O)CC=C1. The Morgan fingerprint density at radius 1 is 1.50 bits per heavy atom. The zero-order chi connectivity index (χ0) is 8.97. The van der Waals surface area contributed by atoms with Crippen molar-refractivity contribution in [2.24, 2.45) is 0 Å². The predicted octanol–water partition coefficient (Wildman–Crippen LogP) is 2.80. The summed E-state index contributed by atoms with van der Waals surface area (Å²) in [6.45, 7) is 3.73. The van der Waals surface area contributed by atoms with Crippen LogP contribution < -0.4 is 0 Å². The second kappa shape index (κ2) is 4.05. The molecule has 64 valence electrons. The van der Waals surface area contributed by atoms with Crippen LogP contribution in [0.3, 0.4) is 0 Å². The highest BCUT2D eigenvalue weighted by Gasteiger charge is 2.02. The molecule has 0 aromatic carbocycles. The van der Waals surface area contributed by atoms with Gasteiger partial charge in [-0.25, -0.2) is 0 Å². The van der Waals surface area contributed by atoms with Crippen molar-refractivity contribution in [1.82, 2.24) is 0 Å². The van der Waals surface area contributed by atoms with Crippen LogP contribution in [0.2, 0.25) is 0 Å². The maximum atomic E-state index is 11.0. The minimum Gasteiger partial charge on any atom is -0.295 e. The molecule has 1 aliphatic carbocycles. The zero-order valence-electron chi connectivity index (χ0n) is 7.63. The second-order valence-corrected chi connectivity index (χ2v) is 2.95. The quantitative estimate of drug-likeness (QED) is 0.610. The summed E-state index contributed by atoms with van der Waals surface area (Å²) in [6, 6.07) is 0. The highest BCUT2D eigenvalue weighted by molar-refractivity contribution is 5.93. The smallest absolute Gasteiger partial charge is 0.156 e. The first-order valence-corrected chi connectivity index (χ1v) is 4.31. The molecule has 1 rings (SSSR count). The van der Waals surface area contributed by atoms with Crippen molar-refractivity contribution in [3.05, 3.63) is 35.5 Å². The predicted molar refractivity (Wildman–Crippen MR) is 50.9 cm³/mol. The molecule has 0 N–H and O–H groups in total. The third kappa shape index (κ3) is 2.19. The third-order valence-corrected chi connectivity index (χ3v) is 2.03. The van der Waals surface area contributed by atoms with E-state index < -0.39 is 0 Å². The Morgan fingerprint density at radius 3 is 2.83 bits per heavy atom. The van der Waals surface area contributed by atoms with Gasteiger partial charge in [0.05, 0.1) is 0 Å². The molecule has 1 nitrogen and oxygen atoms in total. The van der Waals surface area contributed by atoms with E-state index in [4.69, 9.17) is 0 Å². The molecule has 0 aliphatic heterocycles. The summed E-state index contributed by atoms with van der Waals surface area (Å²) in [5.41, 5.74) is 2.18. The van der Waals surface area contributed by atoms with Crippen molar-refractivity contribution in [3.63, 3.8) is 0 Å². The number of carbonyl (C=O) groups excluding carboxylic acids is 1. The number of hydrogen-bond acceptors (Lipinski definition) is 1. The Morgan fingerprint density at radius 2 is 2.25 bits per heavy atom. The monoisotopic (exact) mass is 162 g/mol. The first-order valence-electron chi connectivity index (χ1n) is 4.31. The molecule has 1 aliphatic rings. The number of Topliss-reactive ketones (excluding diaryl/α,β-unsaturated/α-hetero) is 1. The van der Waals surface area contributed by atoms with Gasteiger partial charge in [-0.1, -0.05) is 31.2 Å². The van der Waals surface area contributed by atoms with Crippen LogP contribution in [0.4, 0.5) is 0 Å². The lowest BCUT2D eigenvalue weighted by molar-refractivity contribution is -0.113. The molecule has 0 radical (unpaired) electrons. The van der Waals surface area contributed by atoms with Gasteiger partial charge in [0.1, 0.15) is 0 Å². The molecule has 12 heavy (non-hydrogen) atoms. The van der Waals surface area contributed by atoms with Gasteiger partial charge in [0.15, 0.2) is 5.78 Å². The Kier molecular flexibility index (Phi) is 3.03. The van der Waals surface area contributed by atoms with E-state index >= 15 is 0 Å². The van der Waals surface area contributed by atoms with Gasteiger partial charge in [0.2, 0.25) is 0 Å². The first kappa shape index (κ1) is 8.98. The minimum absolute atomic E-state index is 0.174. The normalized spacial score (nSPS) is 16.5. The molecule has 0 heterocycles. The van der Waals surface area contributed by atoms with E-state index in [-0.39, 0.29) is 5.78 Å². The average molecular weight is 162 g/mol. The van der Waals surface area contributed by atoms with Gasteiger partial charge in [-0.15, -0.1) is 0 Å². The lowest BCUT2D eigenvalue weighted by Gasteiger charge is -1.93. The maximum Gasteiger partial charge on any atom is 0.156 e. The van der Waals surface area contributed by atoms with Crippen molar-refractivity contribution >= 4 is 5.78 Å². The van der Waals surface area contributed by atoms with Crippen molar-refractivity contribution in [2.75, 3.05) is 0 Å². The van der Waals surface area contributed by atoms with Gasteiger partial charge in [0, 0.05) is 0 Å². The van der Waals surface area contributed by atoms with Gasteiger partial charge in [0.25, 0.3) is 0 Å². The summed E-state index contributed by atoms with van der Waals surface area (Å²) in [4.78, 5) is 11.0. The van der Waals surface area contributed by atoms with E-state index in [1.165, 1.54) is 5.57 Å². The number of hydrogen-bond donors (Lipinski definition) is 0. The highest BCUT2D eigenvalue weighted by atomic mass is 16.1. The topological polar surface area (TPSA) is 17.1 Å². The summed E-state index contributed by atoms with van der Waals surface area (Å²) in [6.07, 6.45) is 9.90. The summed E-state index contributed by atoms with van der Waals surface area (Å²) in [5.74, 6) is 0.174. The highest BCUT2D eigenvalue weighted by Crippen LogP contribution is 2.13. The lowest BCUT2D eigenvalue weighted by atomic mass is 10.1. The second-order valence-electron chi connectivity index (χ2n) is 2.95. The van der Waals surface area contributed by atoms with Crippen molar-refractivity contribution in [3.8, 4) is 0 Å². The van der Waals surface area contributed by atoms with Crippen LogP contribution in [0.5, 0.6) is 0 Å². The Bertz CT molecular complexity index is 267. The molecule has 0 spiro atoms. The van der Waals surface area contributed by atoms with E-state index in [2.05, 4.69) is 19.1 Å². The van der Waals surface area contributed by atoms with Crippen LogP contribution in [0.15, 0.2) is 35.5 Å². The van der Waals surface area contributed by atoms with Crippen LogP contribution in [-0.2, 0) is 4.79 Å². The molecule has 0 amide bonds. The molecule has 0 aromatic heterocycles. The van der Waals surface area contributed by atoms with Crippen LogP contribution in [-0.4, -0.2) is 5.78 Å². The summed E-state index contributed by atoms with van der Waals surface area (Å²) in [5, 5.41) is 0.